The predicted octanol–water partition coefficient (Wildman–Crippen LogP) is 3.80. The van der Waals surface area contributed by atoms with Gasteiger partial charge in [-0.3, -0.25) is 0 Å². The number of amides is 2. The van der Waals surface area contributed by atoms with Crippen LogP contribution in [0.25, 0.3) is 0 Å². The first-order valence-electron chi connectivity index (χ1n) is 7.53. The molecule has 1 heterocycles. The number of benzene rings is 2. The van der Waals surface area contributed by atoms with Crippen molar-refractivity contribution in [1.29, 1.82) is 0 Å². The largest absolute Gasteiger partial charge is 0.486 e. The van der Waals surface area contributed by atoms with Gasteiger partial charge in [-0.1, -0.05) is 18.2 Å². The fraction of sp³-hybridized carbons (Fsp3) is 0.235. The monoisotopic (exact) mass is 352 g/mol. The normalized spacial score (nSPS) is 13.2. The summed E-state index contributed by atoms with van der Waals surface area (Å²) in [5.74, 6) is 0.963. The zero-order valence-corrected chi connectivity index (χ0v) is 13.0. The lowest BCUT2D eigenvalue weighted by molar-refractivity contribution is -0.137. The summed E-state index contributed by atoms with van der Waals surface area (Å²) in [4.78, 5) is 12.0. The first kappa shape index (κ1) is 16.9. The topological polar surface area (TPSA) is 59.6 Å². The molecule has 2 amide bonds. The Hall–Kier alpha value is -2.90. The maximum absolute atomic E-state index is 12.7. The van der Waals surface area contributed by atoms with Crippen molar-refractivity contribution in [3.63, 3.8) is 0 Å². The van der Waals surface area contributed by atoms with E-state index in [2.05, 4.69) is 10.6 Å². The maximum Gasteiger partial charge on any atom is 0.416 e. The Morgan fingerprint density at radius 1 is 1.08 bits per heavy atom. The van der Waals surface area contributed by atoms with E-state index in [-0.39, 0.29) is 6.54 Å². The number of carbonyl (C=O) groups excluding carboxylic acids is 1. The van der Waals surface area contributed by atoms with E-state index in [1.54, 1.807) is 18.2 Å². The number of hydrogen-bond acceptors (Lipinski definition) is 3. The van der Waals surface area contributed by atoms with Gasteiger partial charge in [0, 0.05) is 6.54 Å². The molecule has 5 nitrogen and oxygen atoms in total. The average Bonchev–Trinajstić information content (AvgIpc) is 2.60. The molecule has 2 aromatic carbocycles. The second-order valence-corrected chi connectivity index (χ2v) is 5.34. The smallest absolute Gasteiger partial charge is 0.416 e. The van der Waals surface area contributed by atoms with Gasteiger partial charge in [0.15, 0.2) is 11.5 Å². The van der Waals surface area contributed by atoms with Crippen molar-refractivity contribution < 1.29 is 27.4 Å². The Labute approximate surface area is 141 Å². The predicted molar refractivity (Wildman–Crippen MR) is 84.7 cm³/mol. The van der Waals surface area contributed by atoms with E-state index < -0.39 is 17.8 Å². The van der Waals surface area contributed by atoms with Crippen LogP contribution in [0.4, 0.5) is 23.7 Å². The highest BCUT2D eigenvalue weighted by Crippen LogP contribution is 2.37. The number of anilines is 1. The minimum absolute atomic E-state index is 0.0395. The highest BCUT2D eigenvalue weighted by Gasteiger charge is 2.30. The minimum Gasteiger partial charge on any atom is -0.486 e. The molecule has 2 aromatic rings. The molecule has 0 atom stereocenters. The first-order chi connectivity index (χ1) is 11.9. The molecular weight excluding hydrogens is 337 g/mol. The number of urea groups is 1. The van der Waals surface area contributed by atoms with Crippen molar-refractivity contribution in [3.05, 3.63) is 53.6 Å². The number of fused-ring (bicyclic) bond motifs is 1. The molecule has 0 aliphatic carbocycles. The van der Waals surface area contributed by atoms with Gasteiger partial charge in [-0.25, -0.2) is 4.79 Å². The lowest BCUT2D eigenvalue weighted by Crippen LogP contribution is -2.29. The van der Waals surface area contributed by atoms with Gasteiger partial charge in [-0.05, 0) is 29.8 Å². The summed E-state index contributed by atoms with van der Waals surface area (Å²) in [7, 11) is 0. The van der Waals surface area contributed by atoms with Crippen molar-refractivity contribution in [2.24, 2.45) is 0 Å². The highest BCUT2D eigenvalue weighted by molar-refractivity contribution is 5.91. The molecule has 0 saturated heterocycles. The number of alkyl halides is 3. The van der Waals surface area contributed by atoms with Crippen LogP contribution in [-0.4, -0.2) is 19.2 Å². The minimum atomic E-state index is -4.42. The molecular formula is C17H15F3N2O3. The van der Waals surface area contributed by atoms with Crippen LogP contribution < -0.4 is 20.1 Å². The Bertz CT molecular complexity index is 778. The second-order valence-electron chi connectivity index (χ2n) is 5.34. The van der Waals surface area contributed by atoms with Crippen molar-refractivity contribution in [1.82, 2.24) is 5.32 Å². The zero-order valence-electron chi connectivity index (χ0n) is 13.0. The third-order valence-corrected chi connectivity index (χ3v) is 3.52. The van der Waals surface area contributed by atoms with E-state index in [1.807, 2.05) is 0 Å². The molecule has 0 aromatic heterocycles. The van der Waals surface area contributed by atoms with E-state index in [0.717, 1.165) is 12.1 Å². The highest BCUT2D eigenvalue weighted by atomic mass is 19.4. The summed E-state index contributed by atoms with van der Waals surface area (Å²) < 4.78 is 49.0. The van der Waals surface area contributed by atoms with Gasteiger partial charge >= 0.3 is 12.2 Å². The summed E-state index contributed by atoms with van der Waals surface area (Å²) in [5, 5.41) is 5.13. The Kier molecular flexibility index (Phi) is 4.69. The summed E-state index contributed by atoms with van der Waals surface area (Å²) in [6.07, 6.45) is -4.42. The summed E-state index contributed by atoms with van der Waals surface area (Å²) >= 11 is 0. The van der Waals surface area contributed by atoms with Gasteiger partial charge in [0.2, 0.25) is 0 Å². The van der Waals surface area contributed by atoms with Crippen LogP contribution >= 0.6 is 0 Å². The van der Waals surface area contributed by atoms with Crippen LogP contribution in [0.5, 0.6) is 11.5 Å². The Morgan fingerprint density at radius 2 is 1.84 bits per heavy atom. The van der Waals surface area contributed by atoms with Crippen molar-refractivity contribution in [3.8, 4) is 11.5 Å². The summed E-state index contributed by atoms with van der Waals surface area (Å²) in [6.45, 7) is 0.762. The maximum atomic E-state index is 12.7. The van der Waals surface area contributed by atoms with Gasteiger partial charge in [0.05, 0.1) is 11.3 Å². The molecule has 0 saturated carbocycles. The van der Waals surface area contributed by atoms with E-state index in [4.69, 9.17) is 9.47 Å². The van der Waals surface area contributed by atoms with E-state index in [0.29, 0.717) is 36.0 Å². The zero-order chi connectivity index (χ0) is 17.9. The van der Waals surface area contributed by atoms with Gasteiger partial charge in [0.25, 0.3) is 0 Å². The lowest BCUT2D eigenvalue weighted by atomic mass is 10.1. The van der Waals surface area contributed by atoms with Crippen LogP contribution in [-0.2, 0) is 12.7 Å². The average molecular weight is 352 g/mol. The van der Waals surface area contributed by atoms with E-state index in [1.165, 1.54) is 12.1 Å². The first-order valence-corrected chi connectivity index (χ1v) is 7.53. The van der Waals surface area contributed by atoms with Crippen LogP contribution in [0.15, 0.2) is 42.5 Å². The second kappa shape index (κ2) is 6.92. The van der Waals surface area contributed by atoms with Gasteiger partial charge < -0.3 is 20.1 Å². The number of carbonyl (C=O) groups is 1. The van der Waals surface area contributed by atoms with Crippen LogP contribution in [0.2, 0.25) is 0 Å². The molecule has 0 spiro atoms. The standard InChI is InChI=1S/C17H15F3N2O3/c18-17(19,20)12-4-1-3-11(9-12)10-21-16(23)22-13-5-2-6-14-15(13)25-8-7-24-14/h1-6,9H,7-8,10H2,(H2,21,22,23). The lowest BCUT2D eigenvalue weighted by Gasteiger charge is -2.21. The van der Waals surface area contributed by atoms with Crippen LogP contribution in [0.3, 0.4) is 0 Å². The van der Waals surface area contributed by atoms with Gasteiger partial charge in [0.1, 0.15) is 13.2 Å². The Balaban J connectivity index is 1.63. The van der Waals surface area contributed by atoms with Gasteiger partial charge in [-0.2, -0.15) is 13.2 Å². The third-order valence-electron chi connectivity index (χ3n) is 3.52. The number of ether oxygens (including phenoxy) is 2. The molecule has 25 heavy (non-hydrogen) atoms. The molecule has 1 aliphatic heterocycles. The number of hydrogen-bond donors (Lipinski definition) is 2. The van der Waals surface area contributed by atoms with Crippen LogP contribution in [0.1, 0.15) is 11.1 Å². The fourth-order valence-corrected chi connectivity index (χ4v) is 2.38. The molecule has 0 radical (unpaired) electrons. The van der Waals surface area contributed by atoms with E-state index in [9.17, 15) is 18.0 Å². The number of para-hydroxylation sites is 1. The fourth-order valence-electron chi connectivity index (χ4n) is 2.38. The molecule has 0 bridgehead atoms. The molecule has 3 rings (SSSR count). The molecule has 132 valence electrons. The quantitative estimate of drug-likeness (QED) is 0.883. The summed E-state index contributed by atoms with van der Waals surface area (Å²) in [5.41, 5.74) is 0.0216. The van der Waals surface area contributed by atoms with Crippen molar-refractivity contribution in [2.75, 3.05) is 18.5 Å². The van der Waals surface area contributed by atoms with E-state index >= 15 is 0 Å². The van der Waals surface area contributed by atoms with Gasteiger partial charge in [-0.15, -0.1) is 0 Å². The number of nitrogens with one attached hydrogen (secondary N) is 2. The summed E-state index contributed by atoms with van der Waals surface area (Å²) in [6, 6.07) is 9.32. The molecule has 8 heteroatoms. The van der Waals surface area contributed by atoms with Crippen LogP contribution in [0, 0.1) is 0 Å². The molecule has 1 aliphatic rings. The number of rotatable bonds is 3. The number of halogens is 3. The van der Waals surface area contributed by atoms with Crippen molar-refractivity contribution >= 4 is 11.7 Å². The third kappa shape index (κ3) is 4.14. The SMILES string of the molecule is O=C(NCc1cccc(C(F)(F)F)c1)Nc1cccc2c1OCCO2. The molecule has 0 fully saturated rings. The van der Waals surface area contributed by atoms with Crippen molar-refractivity contribution in [2.45, 2.75) is 12.7 Å². The molecule has 0 unspecified atom stereocenters. The molecule has 2 N–H and O–H groups in total. The Morgan fingerprint density at radius 3 is 2.64 bits per heavy atom.